The summed E-state index contributed by atoms with van der Waals surface area (Å²) in [7, 11) is 0. The summed E-state index contributed by atoms with van der Waals surface area (Å²) in [6, 6.07) is 3.23. The molecule has 0 saturated carbocycles. The second kappa shape index (κ2) is 5.18. The molecule has 0 amide bonds. The minimum absolute atomic E-state index is 0.299. The van der Waals surface area contributed by atoms with Crippen LogP contribution in [-0.4, -0.2) is 15.9 Å². The van der Waals surface area contributed by atoms with E-state index >= 15 is 0 Å². The lowest BCUT2D eigenvalue weighted by Gasteiger charge is -2.02. The Balaban J connectivity index is 2.37. The highest BCUT2D eigenvalue weighted by atomic mass is 35.5. The zero-order chi connectivity index (χ0) is 13.3. The molecular formula is C11H9Cl3N4. The zero-order valence-corrected chi connectivity index (χ0v) is 11.6. The van der Waals surface area contributed by atoms with Crippen molar-refractivity contribution in [1.29, 1.82) is 0 Å². The first-order chi connectivity index (χ1) is 8.47. The van der Waals surface area contributed by atoms with E-state index in [4.69, 9.17) is 40.5 Å². The van der Waals surface area contributed by atoms with E-state index in [1.807, 2.05) is 6.92 Å². The molecule has 2 N–H and O–H groups in total. The molecule has 0 bridgehead atoms. The molecule has 0 atom stereocenters. The number of aryl methyl sites for hydroxylation is 1. The Bertz CT molecular complexity index is 619. The molecule has 7 heteroatoms. The highest BCUT2D eigenvalue weighted by molar-refractivity contribution is 6.44. The van der Waals surface area contributed by atoms with Gasteiger partial charge in [0, 0.05) is 10.6 Å². The van der Waals surface area contributed by atoms with E-state index in [1.165, 1.54) is 10.9 Å². The van der Waals surface area contributed by atoms with Gasteiger partial charge in [-0.2, -0.15) is 5.10 Å². The Morgan fingerprint density at radius 1 is 1.33 bits per heavy atom. The molecule has 0 unspecified atom stereocenters. The Morgan fingerprint density at radius 3 is 2.67 bits per heavy atom. The summed E-state index contributed by atoms with van der Waals surface area (Å²) >= 11 is 17.8. The Kier molecular flexibility index (Phi) is 3.80. The number of imidazole rings is 1. The van der Waals surface area contributed by atoms with Crippen molar-refractivity contribution in [2.45, 2.75) is 6.92 Å². The van der Waals surface area contributed by atoms with Crippen molar-refractivity contribution in [2.75, 3.05) is 5.73 Å². The van der Waals surface area contributed by atoms with E-state index in [2.05, 4.69) is 10.1 Å². The van der Waals surface area contributed by atoms with Gasteiger partial charge in [0.1, 0.15) is 0 Å². The maximum absolute atomic E-state index is 6.04. The molecule has 4 nitrogen and oxygen atoms in total. The van der Waals surface area contributed by atoms with Crippen LogP contribution in [0.25, 0.3) is 0 Å². The average Bonchev–Trinajstić information content (AvgIpc) is 2.60. The van der Waals surface area contributed by atoms with Crippen molar-refractivity contribution in [3.8, 4) is 0 Å². The largest absolute Gasteiger partial charge is 0.368 e. The summed E-state index contributed by atoms with van der Waals surface area (Å²) in [6.07, 6.45) is 3.23. The van der Waals surface area contributed by atoms with Gasteiger partial charge >= 0.3 is 0 Å². The SMILES string of the molecule is Cc1cn(N=Cc2cc(Cl)cc(Cl)c2Cl)c(N)n1. The number of nitrogens with two attached hydrogens (primary N) is 1. The van der Waals surface area contributed by atoms with Gasteiger partial charge in [-0.25, -0.2) is 9.66 Å². The normalized spacial score (nSPS) is 11.3. The van der Waals surface area contributed by atoms with E-state index in [-0.39, 0.29) is 0 Å². The molecule has 2 rings (SSSR count). The summed E-state index contributed by atoms with van der Waals surface area (Å²) in [5, 5.41) is 5.39. The molecule has 1 heterocycles. The minimum atomic E-state index is 0.299. The van der Waals surface area contributed by atoms with Crippen LogP contribution in [0, 0.1) is 6.92 Å². The third kappa shape index (κ3) is 2.77. The molecule has 18 heavy (non-hydrogen) atoms. The molecule has 2 aromatic rings. The lowest BCUT2D eigenvalue weighted by Crippen LogP contribution is -1.97. The smallest absolute Gasteiger partial charge is 0.221 e. The van der Waals surface area contributed by atoms with Crippen LogP contribution in [0.4, 0.5) is 5.95 Å². The highest BCUT2D eigenvalue weighted by Gasteiger charge is 2.05. The Labute approximate surface area is 119 Å². The van der Waals surface area contributed by atoms with Gasteiger partial charge in [-0.15, -0.1) is 0 Å². The van der Waals surface area contributed by atoms with E-state index in [0.717, 1.165) is 5.69 Å². The van der Waals surface area contributed by atoms with Crippen molar-refractivity contribution in [3.63, 3.8) is 0 Å². The first kappa shape index (κ1) is 13.2. The molecule has 0 fully saturated rings. The van der Waals surface area contributed by atoms with Crippen LogP contribution in [0.2, 0.25) is 15.1 Å². The molecule has 1 aromatic heterocycles. The van der Waals surface area contributed by atoms with Crippen molar-refractivity contribution >= 4 is 47.0 Å². The monoisotopic (exact) mass is 302 g/mol. The maximum atomic E-state index is 6.04. The van der Waals surface area contributed by atoms with Gasteiger partial charge in [0.25, 0.3) is 0 Å². The molecule has 0 saturated heterocycles. The lowest BCUT2D eigenvalue weighted by molar-refractivity contribution is 0.897. The fourth-order valence-corrected chi connectivity index (χ4v) is 2.06. The van der Waals surface area contributed by atoms with Gasteiger partial charge < -0.3 is 5.73 Å². The van der Waals surface area contributed by atoms with Crippen LogP contribution in [0.15, 0.2) is 23.4 Å². The standard InChI is InChI=1S/C11H9Cl3N4/c1-6-5-18(11(15)17-6)16-4-7-2-8(12)3-9(13)10(7)14/h2-5H,1H3,(H2,15,17). The highest BCUT2D eigenvalue weighted by Crippen LogP contribution is 2.28. The molecule has 0 radical (unpaired) electrons. The second-order valence-electron chi connectivity index (χ2n) is 3.62. The quantitative estimate of drug-likeness (QED) is 0.680. The first-order valence-corrected chi connectivity index (χ1v) is 6.11. The number of nitrogens with zero attached hydrogens (tertiary/aromatic N) is 3. The van der Waals surface area contributed by atoms with Gasteiger partial charge in [-0.1, -0.05) is 34.8 Å². The first-order valence-electron chi connectivity index (χ1n) is 4.97. The van der Waals surface area contributed by atoms with Gasteiger partial charge in [0.05, 0.1) is 28.2 Å². The Hall–Kier alpha value is -1.23. The van der Waals surface area contributed by atoms with E-state index < -0.39 is 0 Å². The van der Waals surface area contributed by atoms with Crippen LogP contribution < -0.4 is 5.73 Å². The fraction of sp³-hybridized carbons (Fsp3) is 0.0909. The van der Waals surface area contributed by atoms with Crippen LogP contribution in [0.1, 0.15) is 11.3 Å². The molecule has 1 aromatic carbocycles. The average molecular weight is 304 g/mol. The predicted molar refractivity (Wildman–Crippen MR) is 75.8 cm³/mol. The minimum Gasteiger partial charge on any atom is -0.368 e. The summed E-state index contributed by atoms with van der Waals surface area (Å²) in [5.41, 5.74) is 7.05. The zero-order valence-electron chi connectivity index (χ0n) is 9.36. The van der Waals surface area contributed by atoms with Crippen molar-refractivity contribution in [1.82, 2.24) is 9.66 Å². The number of rotatable bonds is 2. The van der Waals surface area contributed by atoms with E-state index in [1.54, 1.807) is 18.3 Å². The summed E-state index contributed by atoms with van der Waals surface area (Å²) in [5.74, 6) is 0.299. The van der Waals surface area contributed by atoms with Crippen LogP contribution >= 0.6 is 34.8 Å². The molecular weight excluding hydrogens is 295 g/mol. The molecule has 94 valence electrons. The topological polar surface area (TPSA) is 56.2 Å². The number of benzene rings is 1. The summed E-state index contributed by atoms with van der Waals surface area (Å²) in [4.78, 5) is 4.02. The molecule has 0 aliphatic carbocycles. The number of anilines is 1. The van der Waals surface area contributed by atoms with Crippen LogP contribution in [0.3, 0.4) is 0 Å². The number of halogens is 3. The van der Waals surface area contributed by atoms with Crippen LogP contribution in [-0.2, 0) is 0 Å². The van der Waals surface area contributed by atoms with Gasteiger partial charge in [-0.05, 0) is 19.1 Å². The van der Waals surface area contributed by atoms with Gasteiger partial charge in [-0.3, -0.25) is 0 Å². The van der Waals surface area contributed by atoms with Crippen molar-refractivity contribution < 1.29 is 0 Å². The number of hydrogen-bond donors (Lipinski definition) is 1. The molecule has 0 aliphatic heterocycles. The summed E-state index contributed by atoms with van der Waals surface area (Å²) in [6.45, 7) is 1.83. The number of nitrogen functional groups attached to an aromatic ring is 1. The molecule has 0 aliphatic rings. The third-order valence-corrected chi connectivity index (χ3v) is 3.21. The van der Waals surface area contributed by atoms with Crippen molar-refractivity contribution in [3.05, 3.63) is 44.7 Å². The lowest BCUT2D eigenvalue weighted by atomic mass is 10.2. The van der Waals surface area contributed by atoms with Crippen LogP contribution in [0.5, 0.6) is 0 Å². The third-order valence-electron chi connectivity index (χ3n) is 2.18. The fourth-order valence-electron chi connectivity index (χ4n) is 1.39. The maximum Gasteiger partial charge on any atom is 0.221 e. The molecule has 0 spiro atoms. The predicted octanol–water partition coefficient (Wildman–Crippen LogP) is 3.62. The Morgan fingerprint density at radius 2 is 2.06 bits per heavy atom. The summed E-state index contributed by atoms with van der Waals surface area (Å²) < 4.78 is 1.44. The second-order valence-corrected chi connectivity index (χ2v) is 4.84. The van der Waals surface area contributed by atoms with Crippen molar-refractivity contribution in [2.24, 2.45) is 5.10 Å². The van der Waals surface area contributed by atoms with Gasteiger partial charge in [0.2, 0.25) is 5.95 Å². The number of aromatic nitrogens is 2. The number of hydrogen-bond acceptors (Lipinski definition) is 3. The van der Waals surface area contributed by atoms with Gasteiger partial charge in [0.15, 0.2) is 0 Å². The van der Waals surface area contributed by atoms with E-state index in [0.29, 0.717) is 26.6 Å². The van der Waals surface area contributed by atoms with E-state index in [9.17, 15) is 0 Å².